The molecule has 1 aliphatic rings. The first-order chi connectivity index (χ1) is 13.7. The van der Waals surface area contributed by atoms with Crippen LogP contribution >= 0.6 is 23.2 Å². The van der Waals surface area contributed by atoms with Crippen molar-refractivity contribution >= 4 is 39.1 Å². The molecule has 2 aromatic carbocycles. The van der Waals surface area contributed by atoms with Gasteiger partial charge in [0.15, 0.2) is 0 Å². The van der Waals surface area contributed by atoms with E-state index in [-0.39, 0.29) is 30.6 Å². The van der Waals surface area contributed by atoms with Gasteiger partial charge in [0.1, 0.15) is 5.82 Å². The summed E-state index contributed by atoms with van der Waals surface area (Å²) in [6, 6.07) is 10.7. The maximum atomic E-state index is 13.3. The van der Waals surface area contributed by atoms with Gasteiger partial charge in [0, 0.05) is 19.6 Å². The van der Waals surface area contributed by atoms with Gasteiger partial charge in [-0.25, -0.2) is 17.1 Å². The van der Waals surface area contributed by atoms with E-state index in [1.54, 1.807) is 24.3 Å². The molecule has 0 saturated carbocycles. The highest BCUT2D eigenvalue weighted by Crippen LogP contribution is 2.26. The topological polar surface area (TPSA) is 66.5 Å². The normalized spacial score (nSPS) is 17.8. The third kappa shape index (κ3) is 5.92. The van der Waals surface area contributed by atoms with Crippen molar-refractivity contribution in [2.24, 2.45) is 5.92 Å². The number of halogens is 3. The van der Waals surface area contributed by atoms with Crippen LogP contribution in [0.25, 0.3) is 0 Å². The first-order valence-corrected chi connectivity index (χ1v) is 11.5. The van der Waals surface area contributed by atoms with Crippen molar-refractivity contribution in [2.45, 2.75) is 25.1 Å². The number of hydrogen-bond donors (Lipinski definition) is 1. The molecule has 1 heterocycles. The first-order valence-electron chi connectivity index (χ1n) is 9.18. The number of nitrogens with one attached hydrogen (secondary N) is 1. The van der Waals surface area contributed by atoms with E-state index in [0.717, 1.165) is 0 Å². The van der Waals surface area contributed by atoms with E-state index >= 15 is 0 Å². The number of sulfonamides is 1. The number of carbonyl (C=O) groups is 1. The summed E-state index contributed by atoms with van der Waals surface area (Å²) in [5, 5.41) is 3.43. The summed E-state index contributed by atoms with van der Waals surface area (Å²) in [5.41, 5.74) is 1.19. The molecule has 3 rings (SSSR count). The molecule has 1 atom stereocenters. The van der Waals surface area contributed by atoms with Gasteiger partial charge in [0.25, 0.3) is 0 Å². The van der Waals surface area contributed by atoms with Crippen LogP contribution in [0.1, 0.15) is 24.0 Å². The number of carbonyl (C=O) groups excluding carboxylic acids is 1. The van der Waals surface area contributed by atoms with Crippen molar-refractivity contribution in [3.63, 3.8) is 0 Å². The summed E-state index contributed by atoms with van der Waals surface area (Å²) in [6.07, 6.45) is 1.20. The van der Waals surface area contributed by atoms with Crippen LogP contribution in [0.3, 0.4) is 0 Å². The zero-order valence-corrected chi connectivity index (χ0v) is 17.9. The standard InChI is InChI=1S/C20H21Cl2FN2O3S/c21-18-7-6-15(10-19(18)22)13-29(27,28)25-8-2-4-16(12-25)20(26)24-11-14-3-1-5-17(23)9-14/h1,3,5-7,9-10,16H,2,4,8,11-13H2,(H,24,26). The summed E-state index contributed by atoms with van der Waals surface area (Å²) in [5.74, 6) is -1.25. The lowest BCUT2D eigenvalue weighted by molar-refractivity contribution is -0.126. The van der Waals surface area contributed by atoms with E-state index in [2.05, 4.69) is 5.32 Å². The predicted molar refractivity (Wildman–Crippen MR) is 112 cm³/mol. The molecule has 1 unspecified atom stereocenters. The average molecular weight is 459 g/mol. The molecule has 1 amide bonds. The summed E-state index contributed by atoms with van der Waals surface area (Å²) >= 11 is 11.9. The Kier molecular flexibility index (Phi) is 7.16. The molecule has 2 aromatic rings. The van der Waals surface area contributed by atoms with Crippen LogP contribution in [-0.2, 0) is 27.1 Å². The van der Waals surface area contributed by atoms with Gasteiger partial charge in [-0.15, -0.1) is 0 Å². The summed E-state index contributed by atoms with van der Waals surface area (Å²) in [4.78, 5) is 12.5. The van der Waals surface area contributed by atoms with Crippen molar-refractivity contribution < 1.29 is 17.6 Å². The number of rotatable bonds is 6. The Morgan fingerprint density at radius 1 is 1.14 bits per heavy atom. The van der Waals surface area contributed by atoms with E-state index < -0.39 is 15.9 Å². The van der Waals surface area contributed by atoms with Gasteiger partial charge in [-0.2, -0.15) is 0 Å². The largest absolute Gasteiger partial charge is 0.352 e. The second-order valence-electron chi connectivity index (χ2n) is 7.05. The molecule has 1 saturated heterocycles. The van der Waals surface area contributed by atoms with Gasteiger partial charge in [-0.1, -0.05) is 41.4 Å². The van der Waals surface area contributed by atoms with Gasteiger partial charge < -0.3 is 5.32 Å². The Hall–Kier alpha value is -1.67. The lowest BCUT2D eigenvalue weighted by atomic mass is 9.99. The molecular formula is C20H21Cl2FN2O3S. The highest BCUT2D eigenvalue weighted by Gasteiger charge is 2.32. The lowest BCUT2D eigenvalue weighted by Crippen LogP contribution is -2.45. The van der Waals surface area contributed by atoms with Crippen LogP contribution in [0.15, 0.2) is 42.5 Å². The number of benzene rings is 2. The maximum absolute atomic E-state index is 13.3. The molecule has 5 nitrogen and oxygen atoms in total. The Balaban J connectivity index is 1.61. The van der Waals surface area contributed by atoms with Gasteiger partial charge in [0.2, 0.25) is 15.9 Å². The second kappa shape index (κ2) is 9.43. The van der Waals surface area contributed by atoms with Gasteiger partial charge in [0.05, 0.1) is 21.7 Å². The molecule has 156 valence electrons. The average Bonchev–Trinajstić information content (AvgIpc) is 2.69. The fraction of sp³-hybridized carbons (Fsp3) is 0.350. The minimum absolute atomic E-state index is 0.124. The highest BCUT2D eigenvalue weighted by molar-refractivity contribution is 7.88. The minimum atomic E-state index is -3.60. The summed E-state index contributed by atoms with van der Waals surface area (Å²) < 4.78 is 40.2. The molecule has 1 fully saturated rings. The van der Waals surface area contributed by atoms with Gasteiger partial charge >= 0.3 is 0 Å². The van der Waals surface area contributed by atoms with Crippen molar-refractivity contribution in [1.82, 2.24) is 9.62 Å². The molecule has 0 aromatic heterocycles. The molecule has 0 aliphatic carbocycles. The molecule has 1 aliphatic heterocycles. The molecule has 9 heteroatoms. The third-order valence-corrected chi connectivity index (χ3v) is 7.39. The van der Waals surface area contributed by atoms with Crippen molar-refractivity contribution in [1.29, 1.82) is 0 Å². The van der Waals surface area contributed by atoms with Crippen LogP contribution in [0.5, 0.6) is 0 Å². The fourth-order valence-electron chi connectivity index (χ4n) is 3.32. The number of amides is 1. The van der Waals surface area contributed by atoms with E-state index in [1.165, 1.54) is 22.5 Å². The van der Waals surface area contributed by atoms with Crippen molar-refractivity contribution in [3.05, 3.63) is 69.5 Å². The van der Waals surface area contributed by atoms with Crippen molar-refractivity contribution in [3.8, 4) is 0 Å². The van der Waals surface area contributed by atoms with Crippen LogP contribution in [-0.4, -0.2) is 31.7 Å². The van der Waals surface area contributed by atoms with Crippen LogP contribution < -0.4 is 5.32 Å². The number of piperidine rings is 1. The maximum Gasteiger partial charge on any atom is 0.224 e. The van der Waals surface area contributed by atoms with E-state index in [1.807, 2.05) is 0 Å². The Bertz CT molecular complexity index is 1000. The van der Waals surface area contributed by atoms with E-state index in [0.29, 0.717) is 40.6 Å². The zero-order chi connectivity index (χ0) is 21.0. The molecule has 29 heavy (non-hydrogen) atoms. The monoisotopic (exact) mass is 458 g/mol. The molecule has 1 N–H and O–H groups in total. The summed E-state index contributed by atoms with van der Waals surface area (Å²) in [6.45, 7) is 0.694. The van der Waals surface area contributed by atoms with Crippen LogP contribution in [0.4, 0.5) is 4.39 Å². The van der Waals surface area contributed by atoms with Gasteiger partial charge in [-0.3, -0.25) is 4.79 Å². The highest BCUT2D eigenvalue weighted by atomic mass is 35.5. The third-order valence-electron chi connectivity index (χ3n) is 4.84. The Labute approximate surface area is 179 Å². The second-order valence-corrected chi connectivity index (χ2v) is 9.83. The Morgan fingerprint density at radius 2 is 1.93 bits per heavy atom. The molecule has 0 spiro atoms. The number of nitrogens with zero attached hydrogens (tertiary/aromatic N) is 1. The zero-order valence-electron chi connectivity index (χ0n) is 15.6. The minimum Gasteiger partial charge on any atom is -0.352 e. The first kappa shape index (κ1) is 22.0. The van der Waals surface area contributed by atoms with E-state index in [9.17, 15) is 17.6 Å². The number of hydrogen-bond acceptors (Lipinski definition) is 3. The van der Waals surface area contributed by atoms with Crippen LogP contribution in [0, 0.1) is 11.7 Å². The van der Waals surface area contributed by atoms with E-state index in [4.69, 9.17) is 23.2 Å². The summed E-state index contributed by atoms with van der Waals surface area (Å²) in [7, 11) is -3.60. The fourth-order valence-corrected chi connectivity index (χ4v) is 5.24. The quantitative estimate of drug-likeness (QED) is 0.711. The smallest absolute Gasteiger partial charge is 0.224 e. The molecular weight excluding hydrogens is 438 g/mol. The van der Waals surface area contributed by atoms with Crippen molar-refractivity contribution in [2.75, 3.05) is 13.1 Å². The predicted octanol–water partition coefficient (Wildman–Crippen LogP) is 3.99. The molecule has 0 radical (unpaired) electrons. The lowest BCUT2D eigenvalue weighted by Gasteiger charge is -2.31. The SMILES string of the molecule is O=C(NCc1cccc(F)c1)C1CCCN(S(=O)(=O)Cc2ccc(Cl)c(Cl)c2)C1. The van der Waals surface area contributed by atoms with Gasteiger partial charge in [-0.05, 0) is 48.2 Å². The van der Waals surface area contributed by atoms with Crippen LogP contribution in [0.2, 0.25) is 10.0 Å². The molecule has 0 bridgehead atoms. The Morgan fingerprint density at radius 3 is 2.66 bits per heavy atom.